The lowest BCUT2D eigenvalue weighted by molar-refractivity contribution is 0.498. The summed E-state index contributed by atoms with van der Waals surface area (Å²) in [6.45, 7) is -0.0376. The number of hydrogen-bond acceptors (Lipinski definition) is 2. The van der Waals surface area contributed by atoms with Crippen LogP contribution in [0.5, 0.6) is 0 Å². The average Bonchev–Trinajstić information content (AvgIpc) is 2.81. The second-order valence-corrected chi connectivity index (χ2v) is 5.48. The molecule has 104 valence electrons. The molecule has 0 radical (unpaired) electrons. The fraction of sp³-hybridized carbons (Fsp3) is 0.0769. The van der Waals surface area contributed by atoms with Crippen LogP contribution in [0.25, 0.3) is 0 Å². The normalized spacial score (nSPS) is 13.3. The Morgan fingerprint density at radius 2 is 1.75 bits per heavy atom. The largest absolute Gasteiger partial charge is 0.363 e. The lowest BCUT2D eigenvalue weighted by atomic mass is 10.2. The van der Waals surface area contributed by atoms with Gasteiger partial charge in [-0.25, -0.2) is 17.6 Å². The number of hydrogen-bond donors (Lipinski definition) is 1. The molecule has 1 N–H and O–H groups in total. The topological polar surface area (TPSA) is 15.3 Å². The lowest BCUT2D eigenvalue weighted by Gasteiger charge is -2.19. The van der Waals surface area contributed by atoms with E-state index in [1.165, 1.54) is 17.0 Å². The summed E-state index contributed by atoms with van der Waals surface area (Å²) in [5.74, 6) is -4.01. The van der Waals surface area contributed by atoms with Gasteiger partial charge >= 0.3 is 0 Å². The summed E-state index contributed by atoms with van der Waals surface area (Å²) < 4.78 is 55.4. The quantitative estimate of drug-likeness (QED) is 0.439. The molecule has 1 heterocycles. The van der Waals surface area contributed by atoms with Gasteiger partial charge in [-0.2, -0.15) is 0 Å². The van der Waals surface area contributed by atoms with Crippen molar-refractivity contribution >= 4 is 39.7 Å². The van der Waals surface area contributed by atoms with E-state index in [1.807, 2.05) is 22.6 Å². The Hall–Kier alpha value is -1.51. The van der Waals surface area contributed by atoms with Crippen molar-refractivity contribution in [3.8, 4) is 0 Å². The average molecular weight is 394 g/mol. The highest BCUT2D eigenvalue weighted by atomic mass is 127. The van der Waals surface area contributed by atoms with Crippen molar-refractivity contribution in [2.75, 3.05) is 16.9 Å². The van der Waals surface area contributed by atoms with Crippen LogP contribution in [0.15, 0.2) is 24.3 Å². The maximum absolute atomic E-state index is 13.9. The van der Waals surface area contributed by atoms with E-state index in [-0.39, 0.29) is 23.7 Å². The minimum Gasteiger partial charge on any atom is -0.363 e. The molecule has 0 fully saturated rings. The zero-order valence-corrected chi connectivity index (χ0v) is 12.0. The molecule has 0 spiro atoms. The Bertz CT molecular complexity index is 705. The van der Waals surface area contributed by atoms with E-state index in [1.54, 1.807) is 6.07 Å². The number of halogens is 5. The van der Waals surface area contributed by atoms with Crippen LogP contribution in [0.4, 0.5) is 34.6 Å². The van der Waals surface area contributed by atoms with Crippen LogP contribution in [-0.4, -0.2) is 6.67 Å². The SMILES string of the molecule is Fc1cc(I)ccc1N1CNc2c(F)cc(F)c(F)c21. The molecule has 3 rings (SSSR count). The minimum atomic E-state index is -1.30. The molecule has 0 saturated heterocycles. The van der Waals surface area contributed by atoms with E-state index in [4.69, 9.17) is 0 Å². The smallest absolute Gasteiger partial charge is 0.184 e. The van der Waals surface area contributed by atoms with Crippen molar-refractivity contribution in [3.63, 3.8) is 0 Å². The first kappa shape index (κ1) is 13.5. The molecule has 2 aromatic rings. The van der Waals surface area contributed by atoms with Crippen molar-refractivity contribution in [3.05, 3.63) is 51.1 Å². The molecule has 0 saturated carbocycles. The summed E-state index contributed by atoms with van der Waals surface area (Å²) in [6.07, 6.45) is 0. The van der Waals surface area contributed by atoms with Crippen LogP contribution in [0.3, 0.4) is 0 Å². The fourth-order valence-corrected chi connectivity index (χ4v) is 2.60. The summed E-state index contributed by atoms with van der Waals surface area (Å²) in [5, 5.41) is 2.60. The molecule has 0 unspecified atom stereocenters. The molecule has 2 aromatic carbocycles. The van der Waals surface area contributed by atoms with Crippen LogP contribution in [0.1, 0.15) is 0 Å². The summed E-state index contributed by atoms with van der Waals surface area (Å²) in [7, 11) is 0. The van der Waals surface area contributed by atoms with Gasteiger partial charge in [-0.3, -0.25) is 0 Å². The van der Waals surface area contributed by atoms with E-state index in [9.17, 15) is 17.6 Å². The van der Waals surface area contributed by atoms with Gasteiger partial charge in [-0.1, -0.05) is 0 Å². The Labute approximate surface area is 125 Å². The van der Waals surface area contributed by atoms with Gasteiger partial charge in [0.1, 0.15) is 11.5 Å². The highest BCUT2D eigenvalue weighted by molar-refractivity contribution is 14.1. The first-order chi connectivity index (χ1) is 9.49. The maximum atomic E-state index is 13.9. The Kier molecular flexibility index (Phi) is 3.23. The van der Waals surface area contributed by atoms with Gasteiger partial charge in [-0.15, -0.1) is 0 Å². The molecule has 0 bridgehead atoms. The van der Waals surface area contributed by atoms with Gasteiger partial charge in [-0.05, 0) is 40.8 Å². The van der Waals surface area contributed by atoms with Gasteiger partial charge in [0, 0.05) is 9.64 Å². The van der Waals surface area contributed by atoms with Gasteiger partial charge < -0.3 is 10.2 Å². The molecule has 20 heavy (non-hydrogen) atoms. The molecule has 0 aliphatic carbocycles. The number of benzene rings is 2. The van der Waals surface area contributed by atoms with E-state index >= 15 is 0 Å². The predicted molar refractivity (Wildman–Crippen MR) is 76.1 cm³/mol. The summed E-state index contributed by atoms with van der Waals surface area (Å²) in [6, 6.07) is 4.80. The summed E-state index contributed by atoms with van der Waals surface area (Å²) >= 11 is 1.93. The van der Waals surface area contributed by atoms with Crippen molar-refractivity contribution < 1.29 is 17.6 Å². The molecule has 0 aromatic heterocycles. The standard InChI is InChI=1S/C13H7F4IN2/c14-7-3-6(18)1-2-10(7)20-5-19-12-9(16)4-8(15)11(17)13(12)20/h1-4,19H,5H2. The van der Waals surface area contributed by atoms with Crippen molar-refractivity contribution in [2.45, 2.75) is 0 Å². The lowest BCUT2D eigenvalue weighted by Crippen LogP contribution is -2.18. The van der Waals surface area contributed by atoms with Crippen LogP contribution >= 0.6 is 22.6 Å². The molecular weight excluding hydrogens is 387 g/mol. The van der Waals surface area contributed by atoms with Crippen LogP contribution in [-0.2, 0) is 0 Å². The van der Waals surface area contributed by atoms with E-state index in [0.717, 1.165) is 0 Å². The van der Waals surface area contributed by atoms with Crippen LogP contribution in [0.2, 0.25) is 0 Å². The van der Waals surface area contributed by atoms with Gasteiger partial charge in [0.15, 0.2) is 17.5 Å². The second-order valence-electron chi connectivity index (χ2n) is 4.24. The van der Waals surface area contributed by atoms with Crippen molar-refractivity contribution in [1.29, 1.82) is 0 Å². The van der Waals surface area contributed by atoms with Gasteiger partial charge in [0.25, 0.3) is 0 Å². The van der Waals surface area contributed by atoms with Crippen LogP contribution < -0.4 is 10.2 Å². The molecule has 2 nitrogen and oxygen atoms in total. The van der Waals surface area contributed by atoms with E-state index < -0.39 is 23.3 Å². The molecule has 7 heteroatoms. The summed E-state index contributed by atoms with van der Waals surface area (Å²) in [5.41, 5.74) is -0.426. The monoisotopic (exact) mass is 394 g/mol. The third-order valence-corrected chi connectivity index (χ3v) is 3.70. The van der Waals surface area contributed by atoms with Crippen LogP contribution in [0, 0.1) is 26.8 Å². The Morgan fingerprint density at radius 3 is 2.45 bits per heavy atom. The number of rotatable bonds is 1. The minimum absolute atomic E-state index is 0.0376. The van der Waals surface area contributed by atoms with Crippen molar-refractivity contribution in [2.24, 2.45) is 0 Å². The Morgan fingerprint density at radius 1 is 1.00 bits per heavy atom. The Balaban J connectivity index is 2.18. The first-order valence-electron chi connectivity index (χ1n) is 5.63. The summed E-state index contributed by atoms with van der Waals surface area (Å²) in [4.78, 5) is 1.17. The maximum Gasteiger partial charge on any atom is 0.184 e. The van der Waals surface area contributed by atoms with E-state index in [0.29, 0.717) is 9.64 Å². The molecule has 0 atom stereocenters. The number of nitrogens with zero attached hydrogens (tertiary/aromatic N) is 1. The molecule has 1 aliphatic heterocycles. The highest BCUT2D eigenvalue weighted by Gasteiger charge is 2.30. The zero-order chi connectivity index (χ0) is 14.4. The highest BCUT2D eigenvalue weighted by Crippen LogP contribution is 2.42. The number of fused-ring (bicyclic) bond motifs is 1. The van der Waals surface area contributed by atoms with Gasteiger partial charge in [0.2, 0.25) is 0 Å². The van der Waals surface area contributed by atoms with E-state index in [2.05, 4.69) is 5.32 Å². The zero-order valence-electron chi connectivity index (χ0n) is 9.85. The molecule has 0 amide bonds. The fourth-order valence-electron chi connectivity index (χ4n) is 2.15. The first-order valence-corrected chi connectivity index (χ1v) is 6.71. The van der Waals surface area contributed by atoms with Crippen molar-refractivity contribution in [1.82, 2.24) is 0 Å². The predicted octanol–water partition coefficient (Wildman–Crippen LogP) is 4.37. The third-order valence-electron chi connectivity index (χ3n) is 3.03. The second kappa shape index (κ2) is 4.80. The molecular formula is C13H7F4IN2. The number of anilines is 3. The third kappa shape index (κ3) is 2.00. The number of nitrogens with one attached hydrogen (secondary N) is 1. The van der Waals surface area contributed by atoms with Gasteiger partial charge in [0.05, 0.1) is 18.0 Å². The molecule has 1 aliphatic rings.